The highest BCUT2D eigenvalue weighted by molar-refractivity contribution is 8.27. The summed E-state index contributed by atoms with van der Waals surface area (Å²) in [6.07, 6.45) is 1.47. The Morgan fingerprint density at radius 1 is 1.03 bits per heavy atom. The van der Waals surface area contributed by atoms with Crippen LogP contribution in [0.3, 0.4) is 0 Å². The van der Waals surface area contributed by atoms with Crippen LogP contribution in [0.25, 0.3) is 6.08 Å². The van der Waals surface area contributed by atoms with Crippen LogP contribution in [0.4, 0.5) is 21.5 Å². The molecule has 36 heavy (non-hydrogen) atoms. The van der Waals surface area contributed by atoms with Crippen molar-refractivity contribution in [2.45, 2.75) is 0 Å². The van der Waals surface area contributed by atoms with E-state index < -0.39 is 32.9 Å². The van der Waals surface area contributed by atoms with Crippen LogP contribution >= 0.6 is 24.0 Å². The molecule has 1 aliphatic rings. The number of nitro benzene ring substituents is 2. The van der Waals surface area contributed by atoms with Gasteiger partial charge in [-0.1, -0.05) is 42.2 Å². The highest BCUT2D eigenvalue weighted by atomic mass is 32.2. The summed E-state index contributed by atoms with van der Waals surface area (Å²) in [6.45, 7) is 0. The molecule has 0 bridgehead atoms. The number of carbonyl (C=O) groups is 1. The topological polar surface area (TPSA) is 125 Å². The van der Waals surface area contributed by atoms with Gasteiger partial charge >= 0.3 is 5.69 Å². The molecule has 0 aliphatic carbocycles. The minimum Gasteiger partial charge on any atom is -0.493 e. The minimum absolute atomic E-state index is 0.0352. The van der Waals surface area contributed by atoms with E-state index in [1.807, 2.05) is 0 Å². The van der Waals surface area contributed by atoms with E-state index in [4.69, 9.17) is 21.7 Å². The average molecular weight is 528 g/mol. The zero-order valence-corrected chi connectivity index (χ0v) is 19.9. The molecule has 0 atom stereocenters. The predicted octanol–water partition coefficient (Wildman–Crippen LogP) is 5.85. The molecular formula is C23H14FN3O7S2. The molecule has 3 aromatic rings. The molecule has 0 aromatic heterocycles. The maximum Gasteiger partial charge on any atom is 0.318 e. The third-order valence-corrected chi connectivity index (χ3v) is 6.24. The summed E-state index contributed by atoms with van der Waals surface area (Å²) in [5.41, 5.74) is -0.514. The highest BCUT2D eigenvalue weighted by Crippen LogP contribution is 2.43. The maximum atomic E-state index is 13.7. The van der Waals surface area contributed by atoms with Gasteiger partial charge in [-0.2, -0.15) is 0 Å². The van der Waals surface area contributed by atoms with Crippen LogP contribution in [0, 0.1) is 26.0 Å². The number of halogens is 1. The van der Waals surface area contributed by atoms with E-state index in [9.17, 15) is 29.4 Å². The van der Waals surface area contributed by atoms with Crippen molar-refractivity contribution >= 4 is 57.3 Å². The van der Waals surface area contributed by atoms with Crippen LogP contribution in [0.2, 0.25) is 0 Å². The number of para-hydroxylation sites is 1. The van der Waals surface area contributed by atoms with E-state index in [0.717, 1.165) is 30.0 Å². The van der Waals surface area contributed by atoms with Gasteiger partial charge in [0.1, 0.15) is 5.82 Å². The normalized spacial score (nSPS) is 14.3. The zero-order valence-electron chi connectivity index (χ0n) is 18.2. The monoisotopic (exact) mass is 527 g/mol. The van der Waals surface area contributed by atoms with Gasteiger partial charge in [0.2, 0.25) is 5.75 Å². The molecule has 0 spiro atoms. The molecule has 0 unspecified atom stereocenters. The number of thioether (sulfide) groups is 1. The van der Waals surface area contributed by atoms with Gasteiger partial charge < -0.3 is 9.47 Å². The van der Waals surface area contributed by atoms with Crippen LogP contribution in [-0.4, -0.2) is 27.2 Å². The number of benzene rings is 3. The number of rotatable bonds is 7. The Labute approximate surface area is 212 Å². The lowest BCUT2D eigenvalue weighted by Crippen LogP contribution is -2.27. The number of hydrogen-bond donors (Lipinski definition) is 0. The fraction of sp³-hybridized carbons (Fsp3) is 0.0435. The Bertz CT molecular complexity index is 1460. The molecule has 182 valence electrons. The summed E-state index contributed by atoms with van der Waals surface area (Å²) < 4.78 is 25.0. The van der Waals surface area contributed by atoms with Crippen molar-refractivity contribution < 1.29 is 28.5 Å². The minimum atomic E-state index is -0.804. The van der Waals surface area contributed by atoms with Gasteiger partial charge in [0.25, 0.3) is 11.6 Å². The number of nitrogens with zero attached hydrogens (tertiary/aromatic N) is 3. The first kappa shape index (κ1) is 24.8. The van der Waals surface area contributed by atoms with Crippen molar-refractivity contribution in [1.29, 1.82) is 0 Å². The Morgan fingerprint density at radius 3 is 2.44 bits per heavy atom. The Balaban J connectivity index is 1.75. The van der Waals surface area contributed by atoms with Gasteiger partial charge in [0.05, 0.1) is 33.6 Å². The molecule has 1 amide bonds. The largest absolute Gasteiger partial charge is 0.493 e. The van der Waals surface area contributed by atoms with Crippen molar-refractivity contribution in [1.82, 2.24) is 0 Å². The quantitative estimate of drug-likeness (QED) is 0.161. The van der Waals surface area contributed by atoms with Crippen LogP contribution in [0.15, 0.2) is 65.6 Å². The van der Waals surface area contributed by atoms with Gasteiger partial charge in [-0.25, -0.2) is 4.39 Å². The van der Waals surface area contributed by atoms with E-state index in [1.54, 1.807) is 24.3 Å². The smallest absolute Gasteiger partial charge is 0.318 e. The van der Waals surface area contributed by atoms with E-state index in [2.05, 4.69) is 0 Å². The fourth-order valence-electron chi connectivity index (χ4n) is 3.32. The lowest BCUT2D eigenvalue weighted by Gasteiger charge is -2.14. The Hall–Kier alpha value is -4.36. The number of non-ortho nitro benzene ring substituents is 1. The van der Waals surface area contributed by atoms with Crippen LogP contribution < -0.4 is 14.4 Å². The van der Waals surface area contributed by atoms with Crippen molar-refractivity contribution in [3.63, 3.8) is 0 Å². The molecule has 4 rings (SSSR count). The van der Waals surface area contributed by atoms with E-state index >= 15 is 0 Å². The lowest BCUT2D eigenvalue weighted by molar-refractivity contribution is -0.394. The maximum absolute atomic E-state index is 13.7. The summed E-state index contributed by atoms with van der Waals surface area (Å²) >= 11 is 6.31. The second-order valence-electron chi connectivity index (χ2n) is 7.14. The standard InChI is InChI=1S/C23H14FN3O7S2/c1-33-19-7-2-4-13(21(19)34-18-9-8-16(26(29)30)12-17(18)27(31)32)10-20-22(28)25(23(35)36-20)15-6-3-5-14(24)11-15/h2-12H,1H3/b20-10-. The second-order valence-corrected chi connectivity index (χ2v) is 8.82. The molecule has 13 heteroatoms. The predicted molar refractivity (Wildman–Crippen MR) is 135 cm³/mol. The van der Waals surface area contributed by atoms with Crippen LogP contribution in [0.5, 0.6) is 17.2 Å². The molecule has 10 nitrogen and oxygen atoms in total. The van der Waals surface area contributed by atoms with Crippen LogP contribution in [-0.2, 0) is 4.79 Å². The molecule has 0 saturated carbocycles. The molecule has 0 radical (unpaired) electrons. The molecule has 3 aromatic carbocycles. The Morgan fingerprint density at radius 2 is 1.78 bits per heavy atom. The first-order valence-electron chi connectivity index (χ1n) is 10.0. The molecule has 1 saturated heterocycles. The summed E-state index contributed by atoms with van der Waals surface area (Å²) in [4.78, 5) is 35.5. The number of hydrogen-bond acceptors (Lipinski definition) is 9. The number of anilines is 1. The third-order valence-electron chi connectivity index (χ3n) is 4.94. The average Bonchev–Trinajstić information content (AvgIpc) is 3.12. The van der Waals surface area contributed by atoms with E-state index in [1.165, 1.54) is 36.3 Å². The number of ether oxygens (including phenoxy) is 2. The lowest BCUT2D eigenvalue weighted by atomic mass is 10.1. The number of thiocarbonyl (C=S) groups is 1. The fourth-order valence-corrected chi connectivity index (χ4v) is 4.61. The number of methoxy groups -OCH3 is 1. The van der Waals surface area contributed by atoms with Gasteiger partial charge in [0.15, 0.2) is 15.8 Å². The zero-order chi connectivity index (χ0) is 26.0. The molecular weight excluding hydrogens is 513 g/mol. The van der Waals surface area contributed by atoms with E-state index in [0.29, 0.717) is 5.56 Å². The third kappa shape index (κ3) is 4.87. The highest BCUT2D eigenvalue weighted by Gasteiger charge is 2.34. The number of carbonyl (C=O) groups excluding carboxylic acids is 1. The van der Waals surface area contributed by atoms with Crippen molar-refractivity contribution in [3.05, 3.63) is 97.2 Å². The van der Waals surface area contributed by atoms with Crippen molar-refractivity contribution in [2.75, 3.05) is 12.0 Å². The van der Waals surface area contributed by atoms with Crippen molar-refractivity contribution in [3.8, 4) is 17.2 Å². The number of amides is 1. The summed E-state index contributed by atoms with van der Waals surface area (Å²) in [7, 11) is 1.36. The number of nitro groups is 2. The summed E-state index contributed by atoms with van der Waals surface area (Å²) in [5, 5.41) is 22.6. The van der Waals surface area contributed by atoms with Gasteiger partial charge in [0, 0.05) is 11.6 Å². The van der Waals surface area contributed by atoms with Gasteiger partial charge in [-0.15, -0.1) is 0 Å². The first-order valence-corrected chi connectivity index (χ1v) is 11.2. The molecule has 1 heterocycles. The molecule has 1 fully saturated rings. The van der Waals surface area contributed by atoms with Crippen molar-refractivity contribution in [2.24, 2.45) is 0 Å². The van der Waals surface area contributed by atoms with Gasteiger partial charge in [-0.05, 0) is 36.4 Å². The summed E-state index contributed by atoms with van der Waals surface area (Å²) in [6, 6.07) is 13.1. The summed E-state index contributed by atoms with van der Waals surface area (Å²) in [5.74, 6) is -1.06. The molecule has 0 N–H and O–H groups in total. The first-order chi connectivity index (χ1) is 17.2. The second kappa shape index (κ2) is 10.1. The van der Waals surface area contributed by atoms with Gasteiger partial charge in [-0.3, -0.25) is 29.9 Å². The van der Waals surface area contributed by atoms with E-state index in [-0.39, 0.29) is 32.2 Å². The van der Waals surface area contributed by atoms with Crippen LogP contribution in [0.1, 0.15) is 5.56 Å². The SMILES string of the molecule is COc1cccc(/C=C2\SC(=S)N(c3cccc(F)c3)C2=O)c1Oc1ccc([N+](=O)[O-])cc1[N+](=O)[O-]. The Kier molecular flexibility index (Phi) is 6.94. The molecule has 1 aliphatic heterocycles.